The topological polar surface area (TPSA) is 339 Å². The fourth-order valence-electron chi connectivity index (χ4n) is 9.32. The normalized spacial score (nSPS) is 34.2. The quantitative estimate of drug-likeness (QED) is 0.0370. The minimum absolute atomic E-state index is 0.000867. The molecular formula is C47H61N9O14. The number of hydrogen-bond acceptors (Lipinski definition) is 18. The van der Waals surface area contributed by atoms with E-state index >= 15 is 0 Å². The Bertz CT molecular complexity index is 2230. The van der Waals surface area contributed by atoms with E-state index in [9.17, 15) is 40.7 Å². The number of hydrogen-bond donors (Lipinski definition) is 7. The average molecular weight is 976 g/mol. The molecule has 378 valence electrons. The Morgan fingerprint density at radius 2 is 1.41 bits per heavy atom. The third kappa shape index (κ3) is 13.4. The lowest BCUT2D eigenvalue weighted by atomic mass is 9.80. The van der Waals surface area contributed by atoms with Crippen LogP contribution in [0.2, 0.25) is 0 Å². The van der Waals surface area contributed by atoms with Crippen LogP contribution in [0.4, 0.5) is 4.79 Å². The maximum Gasteiger partial charge on any atom is 0.407 e. The number of ether oxygens (including phenoxy) is 7. The number of aliphatic hydroxyl groups is 5. The highest BCUT2D eigenvalue weighted by Crippen LogP contribution is 2.37. The van der Waals surface area contributed by atoms with Gasteiger partial charge in [-0.25, -0.2) is 4.79 Å². The summed E-state index contributed by atoms with van der Waals surface area (Å²) in [5, 5.41) is 65.1. The molecule has 3 aromatic rings. The van der Waals surface area contributed by atoms with Crippen LogP contribution in [0.5, 0.6) is 0 Å². The van der Waals surface area contributed by atoms with Crippen LogP contribution in [0.3, 0.4) is 0 Å². The zero-order valence-corrected chi connectivity index (χ0v) is 38.5. The van der Waals surface area contributed by atoms with Crippen molar-refractivity contribution in [2.45, 2.75) is 137 Å². The number of alkyl carbamates (subject to hydrolysis) is 1. The van der Waals surface area contributed by atoms with Gasteiger partial charge in [-0.3, -0.25) is 9.69 Å². The van der Waals surface area contributed by atoms with Crippen molar-refractivity contribution in [3.8, 4) is 0 Å². The van der Waals surface area contributed by atoms with Crippen molar-refractivity contribution in [3.05, 3.63) is 129 Å². The molecule has 1 saturated carbocycles. The molecule has 0 aromatic heterocycles. The van der Waals surface area contributed by atoms with Gasteiger partial charge in [0.25, 0.3) is 0 Å². The number of nitrogens with two attached hydrogens (primary N) is 1. The fraction of sp³-hybridized carbons (Fsp3) is 0.574. The van der Waals surface area contributed by atoms with E-state index in [0.29, 0.717) is 31.5 Å². The molecule has 1 aliphatic carbocycles. The number of Topliss-reactive ketones (excluding diaryl/α,β-unsaturated/α-hetero) is 1. The molecule has 7 rings (SSSR count). The number of carbonyl (C=O) groups is 2. The van der Waals surface area contributed by atoms with Crippen molar-refractivity contribution >= 4 is 11.9 Å². The maximum absolute atomic E-state index is 13.6. The van der Waals surface area contributed by atoms with Crippen LogP contribution in [0.15, 0.2) is 101 Å². The van der Waals surface area contributed by atoms with Gasteiger partial charge >= 0.3 is 6.09 Å². The van der Waals surface area contributed by atoms with Crippen molar-refractivity contribution < 1.29 is 68.3 Å². The molecule has 0 bridgehead atoms. The van der Waals surface area contributed by atoms with Crippen LogP contribution in [-0.4, -0.2) is 167 Å². The summed E-state index contributed by atoms with van der Waals surface area (Å²) >= 11 is 0. The van der Waals surface area contributed by atoms with Crippen molar-refractivity contribution in [3.63, 3.8) is 0 Å². The first-order valence-electron chi connectivity index (χ1n) is 23.3. The number of benzene rings is 3. The van der Waals surface area contributed by atoms with Crippen LogP contribution in [0.1, 0.15) is 47.7 Å². The van der Waals surface area contributed by atoms with E-state index in [4.69, 9.17) is 44.4 Å². The summed E-state index contributed by atoms with van der Waals surface area (Å²) in [7, 11) is 0. The largest absolute Gasteiger partial charge is 0.445 e. The van der Waals surface area contributed by atoms with Crippen molar-refractivity contribution in [1.29, 1.82) is 0 Å². The highest BCUT2D eigenvalue weighted by Gasteiger charge is 2.54. The first-order valence-corrected chi connectivity index (χ1v) is 23.3. The number of carbonyl (C=O) groups excluding carboxylic acids is 2. The predicted molar refractivity (Wildman–Crippen MR) is 246 cm³/mol. The molecule has 0 spiro atoms. The van der Waals surface area contributed by atoms with Gasteiger partial charge in [-0.05, 0) is 47.4 Å². The van der Waals surface area contributed by atoms with Crippen LogP contribution < -0.4 is 11.1 Å². The number of aliphatic hydroxyl groups excluding tert-OH is 5. The molecule has 1 amide bonds. The Labute approximate surface area is 403 Å². The molecule has 4 aliphatic rings. The van der Waals surface area contributed by atoms with Gasteiger partial charge in [0.05, 0.1) is 56.3 Å². The van der Waals surface area contributed by atoms with Gasteiger partial charge in [-0.15, -0.1) is 0 Å². The zero-order chi connectivity index (χ0) is 49.7. The number of ketones is 1. The lowest BCUT2D eigenvalue weighted by Crippen LogP contribution is -2.62. The fourth-order valence-corrected chi connectivity index (χ4v) is 9.32. The number of nitrogens with one attached hydrogen (secondary N) is 1. The number of nitrogens with zero attached hydrogens (tertiary/aromatic N) is 7. The minimum Gasteiger partial charge on any atom is -0.445 e. The third-order valence-corrected chi connectivity index (χ3v) is 13.0. The molecule has 8 N–H and O–H groups in total. The highest BCUT2D eigenvalue weighted by atomic mass is 16.8. The average Bonchev–Trinajstić information content (AvgIpc) is 3.66. The minimum atomic E-state index is -1.75. The van der Waals surface area contributed by atoms with Gasteiger partial charge in [-0.2, -0.15) is 0 Å². The summed E-state index contributed by atoms with van der Waals surface area (Å²) in [4.78, 5) is 34.4. The highest BCUT2D eigenvalue weighted by molar-refractivity contribution is 5.97. The summed E-state index contributed by atoms with van der Waals surface area (Å²) in [5.74, 6) is -0.515. The molecule has 3 aromatic carbocycles. The summed E-state index contributed by atoms with van der Waals surface area (Å²) in [5.41, 5.74) is 26.9. The number of rotatable bonds is 20. The summed E-state index contributed by atoms with van der Waals surface area (Å²) in [6.07, 6.45) is -17.6. The van der Waals surface area contributed by atoms with Gasteiger partial charge in [0.2, 0.25) is 0 Å². The second kappa shape index (κ2) is 25.2. The maximum atomic E-state index is 13.6. The molecule has 4 fully saturated rings. The van der Waals surface area contributed by atoms with E-state index < -0.39 is 123 Å². The Hall–Kier alpha value is -5.30. The summed E-state index contributed by atoms with van der Waals surface area (Å²) in [6, 6.07) is 24.7. The molecule has 3 heterocycles. The Kier molecular flexibility index (Phi) is 18.9. The second-order valence-electron chi connectivity index (χ2n) is 18.0. The van der Waals surface area contributed by atoms with Gasteiger partial charge in [0.1, 0.15) is 43.2 Å². The lowest BCUT2D eigenvalue weighted by Gasteiger charge is -2.46. The molecular weight excluding hydrogens is 915 g/mol. The van der Waals surface area contributed by atoms with Crippen molar-refractivity contribution in [2.75, 3.05) is 26.2 Å². The van der Waals surface area contributed by atoms with Crippen molar-refractivity contribution in [1.82, 2.24) is 10.2 Å². The third-order valence-electron chi connectivity index (χ3n) is 13.0. The van der Waals surface area contributed by atoms with Gasteiger partial charge < -0.3 is 69.7 Å². The van der Waals surface area contributed by atoms with Crippen LogP contribution in [0.25, 0.3) is 20.9 Å². The lowest BCUT2D eigenvalue weighted by molar-refractivity contribution is -0.296. The number of amides is 1. The van der Waals surface area contributed by atoms with Gasteiger partial charge in [-0.1, -0.05) is 108 Å². The van der Waals surface area contributed by atoms with Crippen LogP contribution in [-0.2, 0) is 46.3 Å². The Morgan fingerprint density at radius 1 is 0.771 bits per heavy atom. The van der Waals surface area contributed by atoms with Crippen LogP contribution in [0, 0.1) is 5.92 Å². The zero-order valence-electron chi connectivity index (χ0n) is 38.5. The number of azide groups is 2. The van der Waals surface area contributed by atoms with E-state index in [-0.39, 0.29) is 25.4 Å². The Morgan fingerprint density at radius 3 is 2.09 bits per heavy atom. The van der Waals surface area contributed by atoms with Crippen molar-refractivity contribution in [2.24, 2.45) is 21.9 Å². The molecule has 70 heavy (non-hydrogen) atoms. The van der Waals surface area contributed by atoms with E-state index in [1.807, 2.05) is 90.7 Å². The summed E-state index contributed by atoms with van der Waals surface area (Å²) in [6.45, 7) is 1.47. The van der Waals surface area contributed by atoms with E-state index in [1.54, 1.807) is 12.1 Å². The van der Waals surface area contributed by atoms with Gasteiger partial charge in [0.15, 0.2) is 24.7 Å². The first-order chi connectivity index (χ1) is 33.9. The smallest absolute Gasteiger partial charge is 0.407 e. The van der Waals surface area contributed by atoms with E-state index in [0.717, 1.165) is 11.1 Å². The molecule has 23 nitrogen and oxygen atoms in total. The second-order valence-corrected chi connectivity index (χ2v) is 18.0. The molecule has 17 atom stereocenters. The molecule has 3 saturated heterocycles. The predicted octanol–water partition coefficient (Wildman–Crippen LogP) is 2.57. The Balaban J connectivity index is 1.11. The first kappa shape index (κ1) is 52.5. The monoisotopic (exact) mass is 975 g/mol. The molecule has 0 radical (unpaired) electrons. The molecule has 23 heteroatoms. The summed E-state index contributed by atoms with van der Waals surface area (Å²) < 4.78 is 43.2. The standard InChI is InChI=1S/C47H61N9O14/c1-26-19-31(48)37(59)43(70-46-40(62)42(35(24-57)67-46)69-45-36(53-55-50)39(61)38(60)34(66-45)20-51-54-49)41(26)68-44-32(52-47(63)64-25-28-13-7-3-8-14-28)18-17-30(65-44)22-56(21-27-11-5-2-6-12-27)23-33(58)29-15-9-4-10-16-29/h2-16,26,30-32,34-46,57,59-62H,17-25,48H2,1H3,(H,52,63)/t26-,30-,31+,32+,34-,35+,36+,37-,38+,39+,40+,41+,42+,43+,44+,45+,46-/m0/s1. The van der Waals surface area contributed by atoms with Crippen LogP contribution >= 0.6 is 0 Å². The van der Waals surface area contributed by atoms with E-state index in [1.165, 1.54) is 0 Å². The van der Waals surface area contributed by atoms with Gasteiger partial charge in [0, 0.05) is 34.5 Å². The molecule has 0 unspecified atom stereocenters. The SMILES string of the molecule is C[C@H]1C[C@@H](N)[C@H](O)[C@@H](O[C@@H]2O[C@H](CO)[C@@H](O[C@H]3O[C@@H](CN=[N+]=[N-])[C@@H](O)[C@H](O)[C@H]3N=[N+]=[N-])[C@H]2O)[C@@H]1O[C@H]1O[C@H](CN(CC(=O)c2ccccc2)Cc2ccccc2)CC[C@H]1NC(=O)OCc1ccccc1. The van der Waals surface area contributed by atoms with E-state index in [2.05, 4.69) is 25.4 Å². The molecule has 3 aliphatic heterocycles.